The van der Waals surface area contributed by atoms with Crippen LogP contribution in [0, 0.1) is 5.41 Å². The van der Waals surface area contributed by atoms with E-state index in [1.165, 1.54) is 30.5 Å². The zero-order chi connectivity index (χ0) is 14.6. The molecule has 1 aromatic carbocycles. The van der Waals surface area contributed by atoms with Crippen LogP contribution in [0.25, 0.3) is 0 Å². The smallest absolute Gasteiger partial charge is 0.0402 e. The second kappa shape index (κ2) is 6.62. The van der Waals surface area contributed by atoms with Crippen molar-refractivity contribution >= 4 is 5.69 Å². The van der Waals surface area contributed by atoms with Crippen molar-refractivity contribution in [1.29, 1.82) is 0 Å². The van der Waals surface area contributed by atoms with Crippen LogP contribution in [0.4, 0.5) is 5.69 Å². The lowest BCUT2D eigenvalue weighted by atomic mass is 9.84. The fourth-order valence-corrected chi connectivity index (χ4v) is 3.54. The number of fused-ring (bicyclic) bond motifs is 1. The number of benzene rings is 1. The van der Waals surface area contributed by atoms with Gasteiger partial charge in [0.1, 0.15) is 0 Å². The van der Waals surface area contributed by atoms with E-state index in [4.69, 9.17) is 0 Å². The van der Waals surface area contributed by atoms with Crippen LogP contribution in [0.5, 0.6) is 0 Å². The van der Waals surface area contributed by atoms with Gasteiger partial charge in [0.05, 0.1) is 0 Å². The van der Waals surface area contributed by atoms with Gasteiger partial charge in [-0.05, 0) is 43.4 Å². The minimum Gasteiger partial charge on any atom is -0.368 e. The van der Waals surface area contributed by atoms with Crippen LogP contribution >= 0.6 is 0 Å². The van der Waals surface area contributed by atoms with Crippen molar-refractivity contribution in [1.82, 2.24) is 5.32 Å². The Balaban J connectivity index is 2.14. The molecule has 2 rings (SSSR count). The van der Waals surface area contributed by atoms with E-state index >= 15 is 0 Å². The monoisotopic (exact) mass is 274 g/mol. The number of nitrogens with zero attached hydrogens (tertiary/aromatic N) is 1. The second-order valence-electron chi connectivity index (χ2n) is 6.65. The lowest BCUT2D eigenvalue weighted by Crippen LogP contribution is -2.44. The molecule has 0 aliphatic carbocycles. The Hall–Kier alpha value is -1.02. The Labute approximate surface area is 124 Å². The zero-order valence-electron chi connectivity index (χ0n) is 13.6. The summed E-state index contributed by atoms with van der Waals surface area (Å²) >= 11 is 0. The first kappa shape index (κ1) is 15.4. The SMILES string of the molecule is CCCC(C)(CNCC)CN1c2ccccc2CC1C. The number of para-hydroxylation sites is 1. The normalized spacial score (nSPS) is 20.8. The number of nitrogens with one attached hydrogen (secondary N) is 1. The third-order valence-corrected chi connectivity index (χ3v) is 4.56. The van der Waals surface area contributed by atoms with Gasteiger partial charge in [-0.25, -0.2) is 0 Å². The Kier molecular flexibility index (Phi) is 5.09. The standard InChI is InChI=1S/C18H30N2/c1-5-11-18(4,13-19-6-2)14-20-15(3)12-16-9-7-8-10-17(16)20/h7-10,15,19H,5-6,11-14H2,1-4H3. The van der Waals surface area contributed by atoms with E-state index in [1.807, 2.05) is 0 Å². The molecule has 0 saturated carbocycles. The number of hydrogen-bond donors (Lipinski definition) is 1. The first-order valence-electron chi connectivity index (χ1n) is 8.15. The predicted molar refractivity (Wildman–Crippen MR) is 88.5 cm³/mol. The molecule has 0 amide bonds. The molecule has 2 nitrogen and oxygen atoms in total. The van der Waals surface area contributed by atoms with Crippen molar-refractivity contribution in [2.24, 2.45) is 5.41 Å². The maximum absolute atomic E-state index is 3.56. The summed E-state index contributed by atoms with van der Waals surface area (Å²) in [6, 6.07) is 9.54. The van der Waals surface area contributed by atoms with Crippen molar-refractivity contribution < 1.29 is 0 Å². The van der Waals surface area contributed by atoms with Crippen LogP contribution < -0.4 is 10.2 Å². The van der Waals surface area contributed by atoms with Crippen molar-refractivity contribution in [2.75, 3.05) is 24.5 Å². The zero-order valence-corrected chi connectivity index (χ0v) is 13.6. The Morgan fingerprint density at radius 2 is 2.05 bits per heavy atom. The molecule has 1 aliphatic heterocycles. The first-order chi connectivity index (χ1) is 9.59. The van der Waals surface area contributed by atoms with Crippen molar-refractivity contribution in [3.05, 3.63) is 29.8 Å². The highest BCUT2D eigenvalue weighted by atomic mass is 15.2. The molecule has 0 saturated heterocycles. The summed E-state index contributed by atoms with van der Waals surface area (Å²) in [4.78, 5) is 2.63. The molecule has 0 radical (unpaired) electrons. The first-order valence-corrected chi connectivity index (χ1v) is 8.15. The molecule has 0 fully saturated rings. The van der Waals surface area contributed by atoms with Gasteiger partial charge in [0, 0.05) is 24.8 Å². The average Bonchev–Trinajstić information content (AvgIpc) is 2.73. The minimum absolute atomic E-state index is 0.358. The third-order valence-electron chi connectivity index (χ3n) is 4.56. The van der Waals surface area contributed by atoms with Gasteiger partial charge in [0.2, 0.25) is 0 Å². The summed E-state index contributed by atoms with van der Waals surface area (Å²) in [7, 11) is 0. The van der Waals surface area contributed by atoms with Crippen LogP contribution in [0.2, 0.25) is 0 Å². The summed E-state index contributed by atoms with van der Waals surface area (Å²) in [6.45, 7) is 12.6. The van der Waals surface area contributed by atoms with Gasteiger partial charge in [-0.1, -0.05) is 45.4 Å². The van der Waals surface area contributed by atoms with Crippen LogP contribution in [-0.2, 0) is 6.42 Å². The van der Waals surface area contributed by atoms with E-state index in [9.17, 15) is 0 Å². The highest BCUT2D eigenvalue weighted by Gasteiger charge is 2.32. The molecular weight excluding hydrogens is 244 g/mol. The molecule has 0 bridgehead atoms. The van der Waals surface area contributed by atoms with Crippen LogP contribution in [0.15, 0.2) is 24.3 Å². The number of hydrogen-bond acceptors (Lipinski definition) is 2. The van der Waals surface area contributed by atoms with E-state index < -0.39 is 0 Å². The molecule has 2 unspecified atom stereocenters. The molecule has 0 aromatic heterocycles. The summed E-state index contributed by atoms with van der Waals surface area (Å²) in [5.41, 5.74) is 3.33. The molecule has 1 N–H and O–H groups in total. The van der Waals surface area contributed by atoms with Gasteiger partial charge < -0.3 is 10.2 Å². The molecule has 2 heteroatoms. The van der Waals surface area contributed by atoms with Gasteiger partial charge in [0.15, 0.2) is 0 Å². The fraction of sp³-hybridized carbons (Fsp3) is 0.667. The Morgan fingerprint density at radius 1 is 1.30 bits per heavy atom. The highest BCUT2D eigenvalue weighted by Crippen LogP contribution is 2.35. The summed E-state index contributed by atoms with van der Waals surface area (Å²) in [5.74, 6) is 0. The highest BCUT2D eigenvalue weighted by molar-refractivity contribution is 5.59. The quantitative estimate of drug-likeness (QED) is 0.812. The molecule has 112 valence electrons. The minimum atomic E-state index is 0.358. The van der Waals surface area contributed by atoms with Crippen LogP contribution in [-0.4, -0.2) is 25.7 Å². The topological polar surface area (TPSA) is 15.3 Å². The molecule has 2 atom stereocenters. The van der Waals surface area contributed by atoms with E-state index in [1.54, 1.807) is 0 Å². The van der Waals surface area contributed by atoms with E-state index in [0.717, 1.165) is 19.6 Å². The summed E-state index contributed by atoms with van der Waals surface area (Å²) < 4.78 is 0. The van der Waals surface area contributed by atoms with Gasteiger partial charge in [0.25, 0.3) is 0 Å². The predicted octanol–water partition coefficient (Wildman–Crippen LogP) is 3.85. The molecular formula is C18H30N2. The van der Waals surface area contributed by atoms with Crippen LogP contribution in [0.3, 0.4) is 0 Å². The lowest BCUT2D eigenvalue weighted by molar-refractivity contribution is 0.278. The van der Waals surface area contributed by atoms with Gasteiger partial charge in [-0.15, -0.1) is 0 Å². The summed E-state index contributed by atoms with van der Waals surface area (Å²) in [5, 5.41) is 3.56. The molecule has 1 aliphatic rings. The Morgan fingerprint density at radius 3 is 2.75 bits per heavy atom. The average molecular weight is 274 g/mol. The molecule has 0 spiro atoms. The Bertz CT molecular complexity index is 429. The van der Waals surface area contributed by atoms with Gasteiger partial charge >= 0.3 is 0 Å². The fourth-order valence-electron chi connectivity index (χ4n) is 3.54. The lowest BCUT2D eigenvalue weighted by Gasteiger charge is -2.37. The van der Waals surface area contributed by atoms with E-state index in [-0.39, 0.29) is 0 Å². The van der Waals surface area contributed by atoms with Crippen molar-refractivity contribution in [3.63, 3.8) is 0 Å². The molecule has 1 aromatic rings. The summed E-state index contributed by atoms with van der Waals surface area (Å²) in [6.07, 6.45) is 3.73. The number of rotatable bonds is 7. The van der Waals surface area contributed by atoms with Crippen molar-refractivity contribution in [3.8, 4) is 0 Å². The van der Waals surface area contributed by atoms with Crippen molar-refractivity contribution in [2.45, 2.75) is 53.0 Å². The van der Waals surface area contributed by atoms with E-state index in [0.29, 0.717) is 11.5 Å². The number of anilines is 1. The van der Waals surface area contributed by atoms with E-state index in [2.05, 4.69) is 62.2 Å². The maximum atomic E-state index is 3.56. The third kappa shape index (κ3) is 3.35. The van der Waals surface area contributed by atoms with Crippen LogP contribution in [0.1, 0.15) is 46.1 Å². The molecule has 20 heavy (non-hydrogen) atoms. The maximum Gasteiger partial charge on any atom is 0.0402 e. The largest absolute Gasteiger partial charge is 0.368 e. The second-order valence-corrected chi connectivity index (χ2v) is 6.65. The molecule has 1 heterocycles. The van der Waals surface area contributed by atoms with Gasteiger partial charge in [-0.3, -0.25) is 0 Å². The van der Waals surface area contributed by atoms with Gasteiger partial charge in [-0.2, -0.15) is 0 Å².